The summed E-state index contributed by atoms with van der Waals surface area (Å²) in [4.78, 5) is 35.7. The molecule has 1 aliphatic carbocycles. The van der Waals surface area contributed by atoms with E-state index in [0.29, 0.717) is 0 Å². The van der Waals surface area contributed by atoms with Gasteiger partial charge in [-0.3, -0.25) is 9.59 Å². The predicted molar refractivity (Wildman–Crippen MR) is 98.6 cm³/mol. The van der Waals surface area contributed by atoms with Crippen LogP contribution in [0.1, 0.15) is 60.8 Å². The first-order chi connectivity index (χ1) is 12.0. The molecule has 0 saturated heterocycles. The average Bonchev–Trinajstić information content (AvgIpc) is 2.53. The van der Waals surface area contributed by atoms with E-state index in [1.54, 1.807) is 26.8 Å². The van der Waals surface area contributed by atoms with Crippen LogP contribution in [0, 0.1) is 5.41 Å². The number of amides is 2. The van der Waals surface area contributed by atoms with Crippen molar-refractivity contribution in [3.8, 4) is 0 Å². The zero-order chi connectivity index (χ0) is 20.1. The average molecular weight is 368 g/mol. The van der Waals surface area contributed by atoms with Gasteiger partial charge in [0, 0.05) is 24.3 Å². The molecule has 1 rings (SSSR count). The Morgan fingerprint density at radius 1 is 1.23 bits per heavy atom. The Bertz CT molecular complexity index is 561. The summed E-state index contributed by atoms with van der Waals surface area (Å²) >= 11 is 0. The highest BCUT2D eigenvalue weighted by molar-refractivity contribution is 5.88. The normalized spacial score (nSPS) is 23.3. The van der Waals surface area contributed by atoms with E-state index in [9.17, 15) is 19.5 Å². The predicted octanol–water partition coefficient (Wildman–Crippen LogP) is 2.01. The van der Waals surface area contributed by atoms with Crippen molar-refractivity contribution in [2.45, 2.75) is 85.1 Å². The van der Waals surface area contributed by atoms with E-state index >= 15 is 0 Å². The topological polar surface area (TPSA) is 105 Å². The maximum Gasteiger partial charge on any atom is 0.331 e. The second kappa shape index (κ2) is 9.16. The van der Waals surface area contributed by atoms with Gasteiger partial charge in [0.1, 0.15) is 0 Å². The zero-order valence-corrected chi connectivity index (χ0v) is 16.6. The molecule has 0 aromatic rings. The van der Waals surface area contributed by atoms with Crippen molar-refractivity contribution in [3.05, 3.63) is 11.6 Å². The highest BCUT2D eigenvalue weighted by Gasteiger charge is 2.39. The first-order valence-electron chi connectivity index (χ1n) is 9.17. The molecule has 3 N–H and O–H groups in total. The van der Waals surface area contributed by atoms with Gasteiger partial charge >= 0.3 is 5.97 Å². The Balaban J connectivity index is 3.20. The molecule has 0 radical (unpaired) electrons. The van der Waals surface area contributed by atoms with Crippen LogP contribution in [0.15, 0.2) is 11.6 Å². The van der Waals surface area contributed by atoms with Gasteiger partial charge in [0.2, 0.25) is 11.8 Å². The first-order valence-corrected chi connectivity index (χ1v) is 9.17. The lowest BCUT2D eigenvalue weighted by Gasteiger charge is -2.39. The van der Waals surface area contributed by atoms with Crippen LogP contribution < -0.4 is 10.6 Å². The van der Waals surface area contributed by atoms with Crippen LogP contribution in [0.3, 0.4) is 0 Å². The molecule has 1 aliphatic rings. The van der Waals surface area contributed by atoms with E-state index < -0.39 is 29.6 Å². The second-order valence-corrected chi connectivity index (χ2v) is 7.80. The molecule has 148 valence electrons. The molecular weight excluding hydrogens is 336 g/mol. The molecular formula is C19H32N2O5. The van der Waals surface area contributed by atoms with E-state index in [1.807, 2.05) is 13.8 Å². The molecule has 0 aromatic carbocycles. The van der Waals surface area contributed by atoms with Crippen molar-refractivity contribution in [2.24, 2.45) is 5.41 Å². The van der Waals surface area contributed by atoms with Gasteiger partial charge in [-0.05, 0) is 18.9 Å². The fourth-order valence-corrected chi connectivity index (χ4v) is 2.89. The number of nitrogens with one attached hydrogen (secondary N) is 2. The summed E-state index contributed by atoms with van der Waals surface area (Å²) in [7, 11) is 0. The summed E-state index contributed by atoms with van der Waals surface area (Å²) in [5.41, 5.74) is -0.446. The van der Waals surface area contributed by atoms with Gasteiger partial charge < -0.3 is 20.5 Å². The number of hydrogen-bond donors (Lipinski definition) is 3. The largest absolute Gasteiger partial charge is 0.478 e. The maximum atomic E-state index is 12.5. The molecule has 0 spiro atoms. The third-order valence-electron chi connectivity index (χ3n) is 4.50. The van der Waals surface area contributed by atoms with Gasteiger partial charge in [0.15, 0.2) is 0 Å². The summed E-state index contributed by atoms with van der Waals surface area (Å²) in [5.74, 6) is -1.50. The Morgan fingerprint density at radius 2 is 1.81 bits per heavy atom. The molecule has 0 fully saturated rings. The van der Waals surface area contributed by atoms with Crippen molar-refractivity contribution in [1.29, 1.82) is 0 Å². The Labute approximate surface area is 155 Å². The minimum absolute atomic E-state index is 0.0559. The zero-order valence-electron chi connectivity index (χ0n) is 16.6. The quantitative estimate of drug-likeness (QED) is 0.638. The maximum absolute atomic E-state index is 12.5. The number of aliphatic carboxylic acids is 1. The van der Waals surface area contributed by atoms with E-state index in [0.717, 1.165) is 12.8 Å². The summed E-state index contributed by atoms with van der Waals surface area (Å²) in [6.07, 6.45) is 2.56. The monoisotopic (exact) mass is 368 g/mol. The van der Waals surface area contributed by atoms with Crippen LogP contribution in [-0.4, -0.2) is 47.2 Å². The minimum Gasteiger partial charge on any atom is -0.478 e. The Kier molecular flexibility index (Phi) is 7.81. The van der Waals surface area contributed by atoms with E-state index in [1.165, 1.54) is 6.92 Å². The van der Waals surface area contributed by atoms with Crippen molar-refractivity contribution in [2.75, 3.05) is 0 Å². The Hall–Kier alpha value is -1.89. The molecule has 0 bridgehead atoms. The summed E-state index contributed by atoms with van der Waals surface area (Å²) in [5, 5.41) is 15.2. The molecule has 2 amide bonds. The van der Waals surface area contributed by atoms with Crippen molar-refractivity contribution in [1.82, 2.24) is 10.6 Å². The number of carbonyl (C=O) groups is 3. The van der Waals surface area contributed by atoms with Gasteiger partial charge in [0.05, 0.1) is 24.3 Å². The van der Waals surface area contributed by atoms with E-state index in [4.69, 9.17) is 4.74 Å². The van der Waals surface area contributed by atoms with Crippen molar-refractivity contribution >= 4 is 17.8 Å². The second-order valence-electron chi connectivity index (χ2n) is 7.80. The SMILES string of the molecule is CCC(CC)O[C@@H]1C=C(C(=O)O)C[C@H](NC(=O)C(C)(C)C)[C@H]1NC(C)=O. The number of rotatable bonds is 7. The highest BCUT2D eigenvalue weighted by atomic mass is 16.5. The van der Waals surface area contributed by atoms with E-state index in [2.05, 4.69) is 10.6 Å². The van der Waals surface area contributed by atoms with Crippen molar-refractivity contribution < 1.29 is 24.2 Å². The van der Waals surface area contributed by atoms with Gasteiger partial charge in [-0.15, -0.1) is 0 Å². The number of carbonyl (C=O) groups excluding carboxylic acids is 2. The van der Waals surface area contributed by atoms with Crippen LogP contribution in [0.2, 0.25) is 0 Å². The minimum atomic E-state index is -1.04. The fraction of sp³-hybridized carbons (Fsp3) is 0.737. The summed E-state index contributed by atoms with van der Waals surface area (Å²) in [6.45, 7) is 10.7. The number of hydrogen-bond acceptors (Lipinski definition) is 4. The van der Waals surface area contributed by atoms with Crippen LogP contribution in [-0.2, 0) is 19.1 Å². The molecule has 0 aromatic heterocycles. The third-order valence-corrected chi connectivity index (χ3v) is 4.50. The molecule has 7 heteroatoms. The third kappa shape index (κ3) is 6.12. The lowest BCUT2D eigenvalue weighted by molar-refractivity contribution is -0.134. The number of carboxylic acid groups (broad SMARTS) is 1. The smallest absolute Gasteiger partial charge is 0.331 e. The van der Waals surface area contributed by atoms with Crippen LogP contribution in [0.5, 0.6) is 0 Å². The van der Waals surface area contributed by atoms with Crippen LogP contribution >= 0.6 is 0 Å². The molecule has 26 heavy (non-hydrogen) atoms. The highest BCUT2D eigenvalue weighted by Crippen LogP contribution is 2.25. The number of ether oxygens (including phenoxy) is 1. The molecule has 0 heterocycles. The summed E-state index contributed by atoms with van der Waals surface area (Å²) in [6, 6.07) is -1.08. The van der Waals surface area contributed by atoms with E-state index in [-0.39, 0.29) is 29.9 Å². The lowest BCUT2D eigenvalue weighted by atomic mass is 9.86. The van der Waals surface area contributed by atoms with Crippen LogP contribution in [0.4, 0.5) is 0 Å². The number of carboxylic acids is 1. The standard InChI is InChI=1S/C19H32N2O5/c1-7-13(8-2)26-15-10-12(17(23)24)9-14(16(15)20-11(3)22)21-18(25)19(4,5)6/h10,13-16H,7-9H2,1-6H3,(H,20,22)(H,21,25)(H,23,24)/t14-,15+,16+/m0/s1. The van der Waals surface area contributed by atoms with Gasteiger partial charge in [-0.25, -0.2) is 4.79 Å². The lowest BCUT2D eigenvalue weighted by Crippen LogP contribution is -2.60. The summed E-state index contributed by atoms with van der Waals surface area (Å²) < 4.78 is 6.08. The van der Waals surface area contributed by atoms with Gasteiger partial charge in [-0.1, -0.05) is 34.6 Å². The molecule has 7 nitrogen and oxygen atoms in total. The van der Waals surface area contributed by atoms with Crippen LogP contribution in [0.25, 0.3) is 0 Å². The molecule has 0 saturated carbocycles. The fourth-order valence-electron chi connectivity index (χ4n) is 2.89. The molecule has 3 atom stereocenters. The van der Waals surface area contributed by atoms with Crippen molar-refractivity contribution in [3.63, 3.8) is 0 Å². The Morgan fingerprint density at radius 3 is 2.23 bits per heavy atom. The molecule has 0 aliphatic heterocycles. The van der Waals surface area contributed by atoms with Gasteiger partial charge in [0.25, 0.3) is 0 Å². The first kappa shape index (κ1) is 22.2. The molecule has 0 unspecified atom stereocenters. The van der Waals surface area contributed by atoms with Gasteiger partial charge in [-0.2, -0.15) is 0 Å².